The summed E-state index contributed by atoms with van der Waals surface area (Å²) in [5.41, 5.74) is 19.0. The number of carbonyl (C=O) groups excluding carboxylic acids is 1. The first-order valence-electron chi connectivity index (χ1n) is 16.4. The summed E-state index contributed by atoms with van der Waals surface area (Å²) in [6.07, 6.45) is 24.1. The van der Waals surface area contributed by atoms with E-state index in [1.165, 1.54) is 37.1 Å². The number of nitrogens with two attached hydrogens (primary N) is 1. The van der Waals surface area contributed by atoms with Gasteiger partial charge in [0.25, 0.3) is 0 Å². The average molecular weight is 716 g/mol. The van der Waals surface area contributed by atoms with Crippen molar-refractivity contribution in [2.24, 2.45) is 11.7 Å². The van der Waals surface area contributed by atoms with Gasteiger partial charge in [0, 0.05) is 23.5 Å². The summed E-state index contributed by atoms with van der Waals surface area (Å²) >= 11 is 0.0530. The number of hydrogen-bond donors (Lipinski definition) is 5. The second-order valence-electron chi connectivity index (χ2n) is 12.6. The first kappa shape index (κ1) is 31.4. The van der Waals surface area contributed by atoms with Gasteiger partial charge in [-0.05, 0) is 49.8 Å². The Morgan fingerprint density at radius 2 is 1.91 bits per heavy atom. The number of hydrogen-bond acceptors (Lipinski definition) is 4. The van der Waals surface area contributed by atoms with Crippen LogP contribution in [0.25, 0.3) is 11.1 Å². The van der Waals surface area contributed by atoms with E-state index in [0.717, 1.165) is 92.8 Å². The fraction of sp³-hybridized carbons (Fsp3) is 0.368. The first-order chi connectivity index (χ1) is 21.9. The van der Waals surface area contributed by atoms with Crippen LogP contribution in [0, 0.1) is 5.92 Å². The molecule has 236 valence electrons. The van der Waals surface area contributed by atoms with E-state index in [4.69, 9.17) is 5.73 Å². The molecule has 0 radical (unpaired) electrons. The third kappa shape index (κ3) is 7.63. The predicted molar refractivity (Wildman–Crippen MR) is 181 cm³/mol. The van der Waals surface area contributed by atoms with Gasteiger partial charge in [-0.25, -0.2) is 0 Å². The van der Waals surface area contributed by atoms with E-state index in [1.807, 2.05) is 13.0 Å². The number of aromatic amines is 1. The Morgan fingerprint density at radius 1 is 1.09 bits per heavy atom. The third-order valence-corrected chi connectivity index (χ3v) is 11.4. The molecule has 1 amide bonds. The van der Waals surface area contributed by atoms with Crippen molar-refractivity contribution in [2.75, 3.05) is 6.54 Å². The molecule has 0 spiro atoms. The third-order valence-electron chi connectivity index (χ3n) is 9.17. The summed E-state index contributed by atoms with van der Waals surface area (Å²) in [6.45, 7) is 9.38. The van der Waals surface area contributed by atoms with Crippen LogP contribution in [0.5, 0.6) is 0 Å². The Bertz CT molecular complexity index is 1650. The molecule has 0 saturated carbocycles. The van der Waals surface area contributed by atoms with E-state index in [1.54, 1.807) is 0 Å². The Labute approximate surface area is 278 Å². The van der Waals surface area contributed by atoms with Crippen LogP contribution < -0.4 is 42.6 Å². The molecule has 4 heterocycles. The number of rotatable bonds is 11. The second-order valence-corrected chi connectivity index (χ2v) is 15.1. The summed E-state index contributed by atoms with van der Waals surface area (Å²) in [5.74, 6) is 0.122. The van der Waals surface area contributed by atoms with Gasteiger partial charge in [0.15, 0.2) is 0 Å². The summed E-state index contributed by atoms with van der Waals surface area (Å²) in [4.78, 5) is 19.8. The van der Waals surface area contributed by atoms with Crippen molar-refractivity contribution >= 4 is 22.8 Å². The molecule has 2 atom stereocenters. The normalized spacial score (nSPS) is 24.5. The molecule has 0 fully saturated rings. The second kappa shape index (κ2) is 14.2. The van der Waals surface area contributed by atoms with E-state index in [2.05, 4.69) is 86.8 Å². The fourth-order valence-corrected chi connectivity index (χ4v) is 8.03. The number of aromatic nitrogens is 1. The van der Waals surface area contributed by atoms with Crippen molar-refractivity contribution in [3.05, 3.63) is 114 Å². The van der Waals surface area contributed by atoms with Gasteiger partial charge in [0.1, 0.15) is 0 Å². The average Bonchev–Trinajstić information content (AvgIpc) is 3.36. The van der Waals surface area contributed by atoms with Gasteiger partial charge in [0.2, 0.25) is 0 Å². The van der Waals surface area contributed by atoms with Crippen molar-refractivity contribution < 1.29 is 31.0 Å². The summed E-state index contributed by atoms with van der Waals surface area (Å²) in [6, 6.07) is 4.85. The van der Waals surface area contributed by atoms with Crippen LogP contribution in [0.1, 0.15) is 83.0 Å². The van der Waals surface area contributed by atoms with Crippen molar-refractivity contribution in [1.29, 1.82) is 0 Å². The van der Waals surface area contributed by atoms with Crippen LogP contribution in [-0.2, 0) is 4.79 Å². The molecule has 0 bridgehead atoms. The maximum absolute atomic E-state index is 12.8. The van der Waals surface area contributed by atoms with Gasteiger partial charge in [-0.1, -0.05) is 37.6 Å². The van der Waals surface area contributed by atoms with Crippen molar-refractivity contribution in [2.45, 2.75) is 77.7 Å². The van der Waals surface area contributed by atoms with Gasteiger partial charge in [0.05, 0.1) is 0 Å². The van der Waals surface area contributed by atoms with Gasteiger partial charge in [-0.15, -0.1) is 0 Å². The predicted octanol–water partition coefficient (Wildman–Crippen LogP) is 2.56. The Balaban J connectivity index is 1.31. The van der Waals surface area contributed by atoms with Crippen LogP contribution in [-0.4, -0.2) is 29.2 Å². The molecule has 6 nitrogen and oxygen atoms in total. The molecule has 0 saturated heterocycles. The molecule has 2 unspecified atom stereocenters. The van der Waals surface area contributed by atoms with E-state index >= 15 is 0 Å². The summed E-state index contributed by atoms with van der Waals surface area (Å²) in [5, 5.41) is 7.44. The molecule has 1 aromatic heterocycles. The fourth-order valence-electron chi connectivity index (χ4n) is 6.49. The number of nitrogens with one attached hydrogen (secondary N) is 4. The molecule has 2 aliphatic carbocycles. The molecule has 0 aromatic carbocycles. The van der Waals surface area contributed by atoms with Crippen LogP contribution >= 0.6 is 0 Å². The van der Waals surface area contributed by atoms with Gasteiger partial charge in [-0.2, -0.15) is 0 Å². The van der Waals surface area contributed by atoms with Crippen molar-refractivity contribution in [3.8, 4) is 0 Å². The maximum atomic E-state index is 12.8. The topological polar surface area (TPSA) is 96.9 Å². The molecule has 6 N–H and O–H groups in total. The van der Waals surface area contributed by atoms with Gasteiger partial charge in [-0.3, -0.25) is 0 Å². The van der Waals surface area contributed by atoms with Crippen molar-refractivity contribution in [1.82, 2.24) is 15.6 Å². The quantitative estimate of drug-likeness (QED) is 0.180. The Hall–Kier alpha value is -3.59. The molecule has 6 rings (SSSR count). The zero-order valence-corrected chi connectivity index (χ0v) is 28.7. The molecule has 3 aliphatic heterocycles. The van der Waals surface area contributed by atoms with Crippen LogP contribution in [0.4, 0.5) is 0 Å². The van der Waals surface area contributed by atoms with E-state index in [0.29, 0.717) is 6.04 Å². The molecule has 5 aliphatic rings. The Morgan fingerprint density at radius 3 is 2.58 bits per heavy atom. The first-order valence-corrected chi connectivity index (χ1v) is 18.8. The molecular formula is C38H46IN5O. The molecular weight excluding hydrogens is 669 g/mol. The Kier molecular flexibility index (Phi) is 9.93. The number of H-pyrrole nitrogens is 1. The zero-order valence-electron chi connectivity index (χ0n) is 26.6. The summed E-state index contributed by atoms with van der Waals surface area (Å²) < 4.78 is 3.60. The van der Waals surface area contributed by atoms with E-state index < -0.39 is 0 Å². The molecule has 1 aromatic rings. The van der Waals surface area contributed by atoms with E-state index in [-0.39, 0.29) is 33.0 Å². The number of halogens is 1. The van der Waals surface area contributed by atoms with Crippen LogP contribution in [0.15, 0.2) is 103 Å². The molecule has 45 heavy (non-hydrogen) atoms. The standard InChI is InChI=1S/C38H45IN5O/c1-4-6-24(2)8-15-29-18-19-33(42-29)37(27-11-16-30(17-12-27)43-38(45)25(3)31-23-39-31)35-21-20-34(44-35)36(32-7-5-22-41-32)26-9-13-28(40)14-10-26/h5,7,9,11,13,16,19-21,23,25,29,41-42,44H,2,4,6,8,10,12,14-15,17-18,22,40H2,1,3H3/q-1/p+1. The van der Waals surface area contributed by atoms with E-state index in [9.17, 15) is 4.79 Å². The van der Waals surface area contributed by atoms with Gasteiger partial charge >= 0.3 is 157 Å². The zero-order chi connectivity index (χ0) is 31.3. The summed E-state index contributed by atoms with van der Waals surface area (Å²) in [7, 11) is 0. The van der Waals surface area contributed by atoms with Gasteiger partial charge < -0.3 is 11.1 Å². The molecule has 7 heteroatoms. The van der Waals surface area contributed by atoms with Crippen LogP contribution in [0.2, 0.25) is 0 Å². The van der Waals surface area contributed by atoms with Crippen LogP contribution in [0.3, 0.4) is 0 Å². The number of carbonyl (C=O) groups is 1. The minimum atomic E-state index is 0.000420. The monoisotopic (exact) mass is 715 g/mol. The SMILES string of the molecule is C=C(CCC)CCC1CC=C(C(=C2C=CC(=[NH+]C(=O)C(C)C3=C[I-]3)CC2)c2ccc(C(C3=CC=C(N)CC3)=C3C=CCN3)[nH]2)N1. The van der Waals surface area contributed by atoms with Crippen molar-refractivity contribution in [3.63, 3.8) is 0 Å². The number of allylic oxidation sites excluding steroid dienone is 11. The number of amides is 1. The minimum absolute atomic E-state index is 0.000420.